The molecule has 1 unspecified atom stereocenters. The van der Waals surface area contributed by atoms with Gasteiger partial charge in [0.2, 0.25) is 0 Å². The lowest BCUT2D eigenvalue weighted by Crippen LogP contribution is -2.38. The zero-order valence-corrected chi connectivity index (χ0v) is 20.2. The highest BCUT2D eigenvalue weighted by Crippen LogP contribution is 2.42. The third kappa shape index (κ3) is 3.61. The zero-order valence-electron chi connectivity index (χ0n) is 20.2. The number of likely N-dealkylation sites (N-methyl/N-ethyl adjacent to an activating group) is 1. The average molecular weight is 459 g/mol. The van der Waals surface area contributed by atoms with Crippen molar-refractivity contribution in [3.05, 3.63) is 46.4 Å². The van der Waals surface area contributed by atoms with Crippen molar-refractivity contribution in [1.82, 2.24) is 9.55 Å². The van der Waals surface area contributed by atoms with Gasteiger partial charge in [0, 0.05) is 69.4 Å². The fourth-order valence-corrected chi connectivity index (χ4v) is 5.16. The Bertz CT molecular complexity index is 1360. The first-order valence-corrected chi connectivity index (χ1v) is 11.7. The van der Waals surface area contributed by atoms with Crippen molar-refractivity contribution in [2.75, 3.05) is 55.0 Å². The van der Waals surface area contributed by atoms with Crippen molar-refractivity contribution < 1.29 is 4.74 Å². The summed E-state index contributed by atoms with van der Waals surface area (Å²) >= 11 is 0. The Hall–Kier alpha value is -3.73. The van der Waals surface area contributed by atoms with Gasteiger partial charge >= 0.3 is 0 Å². The molecule has 8 nitrogen and oxygen atoms in total. The maximum atomic E-state index is 12.6. The van der Waals surface area contributed by atoms with Gasteiger partial charge in [0.15, 0.2) is 0 Å². The first-order valence-electron chi connectivity index (χ1n) is 11.7. The van der Waals surface area contributed by atoms with Gasteiger partial charge in [0.25, 0.3) is 5.56 Å². The molecule has 1 saturated heterocycles. The Morgan fingerprint density at radius 2 is 1.91 bits per heavy atom. The molecule has 2 aliphatic heterocycles. The van der Waals surface area contributed by atoms with Gasteiger partial charge in [-0.3, -0.25) is 4.79 Å². The number of benzene rings is 1. The summed E-state index contributed by atoms with van der Waals surface area (Å²) in [4.78, 5) is 24.2. The number of pyridine rings is 2. The number of nitriles is 1. The molecule has 0 aliphatic carbocycles. The Morgan fingerprint density at radius 1 is 1.09 bits per heavy atom. The molecule has 5 rings (SSSR count). The second kappa shape index (κ2) is 8.56. The molecule has 1 atom stereocenters. The van der Waals surface area contributed by atoms with E-state index >= 15 is 0 Å². The predicted molar refractivity (Wildman–Crippen MR) is 136 cm³/mol. The standard InChI is InChI=1S/C26H30N6O2/c1-17-10-20-21(30(3)26(17)33)11-19(34-4)12-22(20)32-9-8-29(2)23-13-25(28-15-24(23)32)31-7-5-6-18(14-27)16-31/h10-13,15,18H,5-9,16H2,1-4H3. The fourth-order valence-electron chi connectivity index (χ4n) is 5.16. The van der Waals surface area contributed by atoms with Crippen molar-refractivity contribution in [3.63, 3.8) is 0 Å². The second-order valence-electron chi connectivity index (χ2n) is 9.29. The maximum absolute atomic E-state index is 12.6. The van der Waals surface area contributed by atoms with Gasteiger partial charge in [-0.2, -0.15) is 5.26 Å². The van der Waals surface area contributed by atoms with Gasteiger partial charge < -0.3 is 24.0 Å². The predicted octanol–water partition coefficient (Wildman–Crippen LogP) is 3.58. The minimum absolute atomic E-state index is 0.00556. The van der Waals surface area contributed by atoms with Crippen molar-refractivity contribution in [2.24, 2.45) is 13.0 Å². The molecule has 2 aromatic heterocycles. The van der Waals surface area contributed by atoms with Crippen LogP contribution in [0.5, 0.6) is 5.75 Å². The van der Waals surface area contributed by atoms with Crippen molar-refractivity contribution in [3.8, 4) is 11.8 Å². The third-order valence-electron chi connectivity index (χ3n) is 7.14. The Balaban J connectivity index is 1.63. The van der Waals surface area contributed by atoms with Crippen LogP contribution in [0.1, 0.15) is 18.4 Å². The van der Waals surface area contributed by atoms with E-state index in [0.717, 1.165) is 72.8 Å². The van der Waals surface area contributed by atoms with E-state index in [2.05, 4.69) is 33.9 Å². The topological polar surface area (TPSA) is 77.6 Å². The van der Waals surface area contributed by atoms with Crippen LogP contribution >= 0.6 is 0 Å². The van der Waals surface area contributed by atoms with E-state index in [4.69, 9.17) is 9.72 Å². The molecule has 2 aliphatic rings. The Kier molecular flexibility index (Phi) is 5.56. The molecule has 0 spiro atoms. The van der Waals surface area contributed by atoms with E-state index in [9.17, 15) is 10.1 Å². The van der Waals surface area contributed by atoms with E-state index in [-0.39, 0.29) is 11.5 Å². The molecule has 3 aromatic rings. The van der Waals surface area contributed by atoms with Crippen LogP contribution in [0.15, 0.2) is 35.3 Å². The van der Waals surface area contributed by atoms with Gasteiger partial charge in [-0.25, -0.2) is 4.98 Å². The Labute approximate surface area is 199 Å². The van der Waals surface area contributed by atoms with E-state index in [1.807, 2.05) is 31.3 Å². The molecule has 1 fully saturated rings. The number of methoxy groups -OCH3 is 1. The monoisotopic (exact) mass is 458 g/mol. The summed E-state index contributed by atoms with van der Waals surface area (Å²) in [6.07, 6.45) is 3.90. The highest BCUT2D eigenvalue weighted by molar-refractivity contribution is 5.98. The first-order chi connectivity index (χ1) is 16.4. The van der Waals surface area contributed by atoms with Crippen LogP contribution in [0, 0.1) is 24.2 Å². The van der Waals surface area contributed by atoms with E-state index in [1.165, 1.54) is 0 Å². The molecule has 176 valence electrons. The van der Waals surface area contributed by atoms with Crippen LogP contribution < -0.4 is 25.0 Å². The maximum Gasteiger partial charge on any atom is 0.253 e. The number of aryl methyl sites for hydroxylation is 2. The van der Waals surface area contributed by atoms with Gasteiger partial charge in [-0.05, 0) is 25.8 Å². The zero-order chi connectivity index (χ0) is 24.0. The largest absolute Gasteiger partial charge is 0.497 e. The summed E-state index contributed by atoms with van der Waals surface area (Å²) in [6.45, 7) is 5.14. The summed E-state index contributed by atoms with van der Waals surface area (Å²) < 4.78 is 7.30. The van der Waals surface area contributed by atoms with E-state index in [0.29, 0.717) is 11.3 Å². The van der Waals surface area contributed by atoms with Gasteiger partial charge in [-0.15, -0.1) is 0 Å². The van der Waals surface area contributed by atoms with Gasteiger partial charge in [0.1, 0.15) is 11.6 Å². The Morgan fingerprint density at radius 3 is 2.68 bits per heavy atom. The van der Waals surface area contributed by atoms with Crippen molar-refractivity contribution >= 4 is 33.8 Å². The molecule has 4 heterocycles. The molecule has 8 heteroatoms. The van der Waals surface area contributed by atoms with Crippen LogP contribution in [0.25, 0.3) is 10.9 Å². The molecule has 0 bridgehead atoms. The average Bonchev–Trinajstić information content (AvgIpc) is 2.87. The molecule has 0 N–H and O–H groups in total. The van der Waals surface area contributed by atoms with E-state index < -0.39 is 0 Å². The lowest BCUT2D eigenvalue weighted by atomic mass is 9.99. The smallest absolute Gasteiger partial charge is 0.253 e. The highest BCUT2D eigenvalue weighted by atomic mass is 16.5. The number of ether oxygens (including phenoxy) is 1. The van der Waals surface area contributed by atoms with Crippen LogP contribution in [-0.2, 0) is 7.05 Å². The number of hydrogen-bond acceptors (Lipinski definition) is 7. The summed E-state index contributed by atoms with van der Waals surface area (Å²) in [5.41, 5.74) is 4.67. The second-order valence-corrected chi connectivity index (χ2v) is 9.29. The minimum atomic E-state index is -0.00556. The van der Waals surface area contributed by atoms with Crippen LogP contribution in [0.2, 0.25) is 0 Å². The van der Waals surface area contributed by atoms with E-state index in [1.54, 1.807) is 18.7 Å². The van der Waals surface area contributed by atoms with Crippen molar-refractivity contribution in [1.29, 1.82) is 5.26 Å². The summed E-state index contributed by atoms with van der Waals surface area (Å²) in [5, 5.41) is 10.4. The van der Waals surface area contributed by atoms with Crippen LogP contribution in [0.3, 0.4) is 0 Å². The van der Waals surface area contributed by atoms with Gasteiger partial charge in [0.05, 0.1) is 47.9 Å². The SMILES string of the molecule is COc1cc(N2CCN(C)c3cc(N4CCCC(C#N)C4)ncc32)c2cc(C)c(=O)n(C)c2c1. The number of piperidine rings is 1. The number of anilines is 4. The molecular weight excluding hydrogens is 428 g/mol. The summed E-state index contributed by atoms with van der Waals surface area (Å²) in [7, 11) is 5.56. The highest BCUT2D eigenvalue weighted by Gasteiger charge is 2.27. The lowest BCUT2D eigenvalue weighted by Gasteiger charge is -2.38. The van der Waals surface area contributed by atoms with Crippen LogP contribution in [0.4, 0.5) is 22.9 Å². The molecule has 34 heavy (non-hydrogen) atoms. The lowest BCUT2D eigenvalue weighted by molar-refractivity contribution is 0.415. The van der Waals surface area contributed by atoms with Crippen LogP contribution in [-0.4, -0.2) is 49.9 Å². The third-order valence-corrected chi connectivity index (χ3v) is 7.14. The molecule has 0 radical (unpaired) electrons. The molecular formula is C26H30N6O2. The summed E-state index contributed by atoms with van der Waals surface area (Å²) in [5.74, 6) is 1.68. The quantitative estimate of drug-likeness (QED) is 0.594. The number of rotatable bonds is 3. The number of aromatic nitrogens is 2. The number of hydrogen-bond donors (Lipinski definition) is 0. The summed E-state index contributed by atoms with van der Waals surface area (Å²) in [6, 6.07) is 10.5. The molecule has 1 aromatic carbocycles. The normalized spacial score (nSPS) is 18.1. The minimum Gasteiger partial charge on any atom is -0.497 e. The molecule has 0 amide bonds. The van der Waals surface area contributed by atoms with Gasteiger partial charge in [-0.1, -0.05) is 0 Å². The fraction of sp³-hybridized carbons (Fsp3) is 0.423. The first kappa shape index (κ1) is 22.1. The molecule has 0 saturated carbocycles. The number of nitrogens with zero attached hydrogens (tertiary/aromatic N) is 6. The number of fused-ring (bicyclic) bond motifs is 2. The van der Waals surface area contributed by atoms with Crippen molar-refractivity contribution in [2.45, 2.75) is 19.8 Å².